The lowest BCUT2D eigenvalue weighted by molar-refractivity contribution is -0.561. The maximum Gasteiger partial charge on any atom is 0.527 e. The first kappa shape index (κ1) is 31.3. The minimum absolute atomic E-state index is 0.147. The van der Waals surface area contributed by atoms with Gasteiger partial charge in [-0.3, -0.25) is 4.79 Å². The minimum Gasteiger partial charge on any atom is -0.283 e. The van der Waals surface area contributed by atoms with Crippen LogP contribution in [0.15, 0.2) is 41.8 Å². The maximum atomic E-state index is 14.1. The first-order valence-corrected chi connectivity index (χ1v) is 11.9. The number of halogens is 13. The average molecular weight is 642 g/mol. The molecule has 0 aliphatic rings. The van der Waals surface area contributed by atoms with Crippen LogP contribution in [0, 0.1) is 0 Å². The number of hydrogen-bond donors (Lipinski definition) is 0. The molecule has 20 heteroatoms. The van der Waals surface area contributed by atoms with Gasteiger partial charge in [-0.1, -0.05) is 6.07 Å². The Labute approximate surface area is 219 Å². The Kier molecular flexibility index (Phi) is 8.25. The fourth-order valence-corrected chi connectivity index (χ4v) is 5.41. The van der Waals surface area contributed by atoms with E-state index in [1.54, 1.807) is 33.1 Å². The van der Waals surface area contributed by atoms with Crippen molar-refractivity contribution in [1.29, 1.82) is 0 Å². The van der Waals surface area contributed by atoms with Crippen molar-refractivity contribution >= 4 is 39.8 Å². The van der Waals surface area contributed by atoms with Crippen molar-refractivity contribution in [3.63, 3.8) is 0 Å². The average Bonchev–Trinajstić information content (AvgIpc) is 3.50. The van der Waals surface area contributed by atoms with Gasteiger partial charge in [-0.05, 0) is 35.7 Å². The summed E-state index contributed by atoms with van der Waals surface area (Å²) in [6, 6.07) is 8.46. The van der Waals surface area contributed by atoms with Crippen molar-refractivity contribution in [3.05, 3.63) is 46.7 Å². The molecule has 0 aromatic carbocycles. The van der Waals surface area contributed by atoms with Gasteiger partial charge in [0.15, 0.2) is 0 Å². The molecule has 0 aliphatic heterocycles. The molecule has 3 heterocycles. The first-order valence-electron chi connectivity index (χ1n) is 9.42. The van der Waals surface area contributed by atoms with Crippen LogP contribution in [0.25, 0.3) is 19.5 Å². The largest absolute Gasteiger partial charge is 0.527 e. The molecule has 0 spiro atoms. The lowest BCUT2D eigenvalue weighted by Crippen LogP contribution is -2.57. The summed E-state index contributed by atoms with van der Waals surface area (Å²) in [5.74, 6) is -2.67. The highest BCUT2D eigenvalue weighted by atomic mass is 32.1. The van der Waals surface area contributed by atoms with Crippen LogP contribution in [0.3, 0.4) is 0 Å². The molecule has 3 aromatic heterocycles. The fraction of sp³-hybridized carbons (Fsp3) is 0.316. The summed E-state index contributed by atoms with van der Waals surface area (Å²) < 4.78 is 176. The third kappa shape index (κ3) is 6.91. The molecule has 0 saturated heterocycles. The molecule has 0 bridgehead atoms. The van der Waals surface area contributed by atoms with E-state index in [4.69, 9.17) is 0 Å². The Hall–Kier alpha value is -2.26. The van der Waals surface area contributed by atoms with E-state index >= 15 is 0 Å². The zero-order valence-corrected chi connectivity index (χ0v) is 20.3. The zero-order valence-electron chi connectivity index (χ0n) is 17.8. The second kappa shape index (κ2) is 10.3. The van der Waals surface area contributed by atoms with Gasteiger partial charge in [0.2, 0.25) is 0 Å². The highest BCUT2D eigenvalue weighted by molar-refractivity contribution is 7.26. The van der Waals surface area contributed by atoms with Gasteiger partial charge in [-0.2, -0.15) is 43.9 Å². The molecule has 39 heavy (non-hydrogen) atoms. The van der Waals surface area contributed by atoms with Crippen molar-refractivity contribution in [3.8, 4) is 19.5 Å². The van der Waals surface area contributed by atoms with E-state index in [1.165, 1.54) is 17.4 Å². The van der Waals surface area contributed by atoms with Gasteiger partial charge in [0.25, 0.3) is 5.78 Å². The summed E-state index contributed by atoms with van der Waals surface area (Å²) in [5.41, 5.74) is 0. The van der Waals surface area contributed by atoms with E-state index in [1.807, 2.05) is 0 Å². The molecule has 0 amide bonds. The van der Waals surface area contributed by atoms with E-state index in [9.17, 15) is 61.9 Å². The molecule has 4 nitrogen and oxygen atoms in total. The summed E-state index contributed by atoms with van der Waals surface area (Å²) in [7, 11) is 0. The van der Waals surface area contributed by atoms with Crippen molar-refractivity contribution in [1.82, 2.24) is 0 Å². The number of carbonyl (C=O) groups is 1. The molecule has 216 valence electrons. The highest BCUT2D eigenvalue weighted by Crippen LogP contribution is 2.49. The quantitative estimate of drug-likeness (QED) is 0.155. The van der Waals surface area contributed by atoms with Gasteiger partial charge in [-0.25, -0.2) is 14.2 Å². The van der Waals surface area contributed by atoms with Crippen LogP contribution in [0.2, 0.25) is 0 Å². The SMILES string of the molecule is O=C(c1ccc(-c2ccc(-c3cccs3)s2)s1)C(F)(F)OC(F)(F)C(F)(F)OC(F)(F)C(F)(F)OC(F)(F)F. The van der Waals surface area contributed by atoms with Gasteiger partial charge in [0.1, 0.15) is 0 Å². The molecule has 0 radical (unpaired) electrons. The van der Waals surface area contributed by atoms with Crippen LogP contribution in [0.4, 0.5) is 57.1 Å². The van der Waals surface area contributed by atoms with Crippen LogP contribution in [-0.4, -0.2) is 42.7 Å². The predicted molar refractivity (Wildman–Crippen MR) is 109 cm³/mol. The van der Waals surface area contributed by atoms with Gasteiger partial charge in [0, 0.05) is 19.5 Å². The topological polar surface area (TPSA) is 44.8 Å². The molecular formula is C19H7F13O4S3. The highest BCUT2D eigenvalue weighted by Gasteiger charge is 2.74. The van der Waals surface area contributed by atoms with Gasteiger partial charge >= 0.3 is 36.9 Å². The van der Waals surface area contributed by atoms with E-state index in [2.05, 4.69) is 4.74 Å². The number of Topliss-reactive ketones (excluding diaryl/α,β-unsaturated/α-hetero) is 1. The second-order valence-electron chi connectivity index (χ2n) is 6.97. The molecule has 3 aromatic rings. The summed E-state index contributed by atoms with van der Waals surface area (Å²) in [6.07, 6.45) is -40.8. The Balaban J connectivity index is 1.76. The number of ether oxygens (including phenoxy) is 3. The summed E-state index contributed by atoms with van der Waals surface area (Å²) in [5, 5.41) is 1.77. The standard InChI is InChI=1S/C19H7F13O4S3/c20-14(21,34-15(22,23)16(24,25)35-17(26,27)18(28,29)36-19(30,31)32)13(33)12-6-5-11(39-12)10-4-3-9(38-10)8-2-1-7-37-8/h1-7H. The Bertz CT molecular complexity index is 1300. The number of rotatable bonds is 11. The predicted octanol–water partition coefficient (Wildman–Crippen LogP) is 8.92. The number of ketones is 1. The van der Waals surface area contributed by atoms with Gasteiger partial charge < -0.3 is 0 Å². The lowest BCUT2D eigenvalue weighted by Gasteiger charge is -2.33. The smallest absolute Gasteiger partial charge is 0.283 e. The Morgan fingerprint density at radius 2 is 1.03 bits per heavy atom. The molecule has 0 saturated carbocycles. The van der Waals surface area contributed by atoms with Crippen molar-refractivity contribution < 1.29 is 76.1 Å². The van der Waals surface area contributed by atoms with Crippen LogP contribution in [0.1, 0.15) is 9.67 Å². The third-order valence-corrected chi connectivity index (χ3v) is 7.57. The number of thiophene rings is 3. The van der Waals surface area contributed by atoms with Crippen LogP contribution >= 0.6 is 34.0 Å². The second-order valence-corrected chi connectivity index (χ2v) is 10.1. The van der Waals surface area contributed by atoms with Crippen LogP contribution in [-0.2, 0) is 14.2 Å². The van der Waals surface area contributed by atoms with Gasteiger partial charge in [0.05, 0.1) is 4.88 Å². The van der Waals surface area contributed by atoms with Crippen LogP contribution in [0.5, 0.6) is 0 Å². The maximum absolute atomic E-state index is 14.1. The van der Waals surface area contributed by atoms with Crippen LogP contribution < -0.4 is 0 Å². The molecule has 0 atom stereocenters. The lowest BCUT2D eigenvalue weighted by atomic mass is 10.3. The normalized spacial score (nSPS) is 14.2. The number of carbonyl (C=O) groups excluding carboxylic acids is 1. The summed E-state index contributed by atoms with van der Waals surface area (Å²) in [4.78, 5) is 13.1. The van der Waals surface area contributed by atoms with E-state index in [0.717, 1.165) is 27.2 Å². The van der Waals surface area contributed by atoms with Crippen molar-refractivity contribution in [2.45, 2.75) is 36.9 Å². The minimum atomic E-state index is -7.16. The first-order chi connectivity index (χ1) is 17.6. The fourth-order valence-electron chi connectivity index (χ4n) is 2.51. The number of hydrogen-bond acceptors (Lipinski definition) is 7. The third-order valence-electron chi connectivity index (χ3n) is 4.14. The molecule has 0 aliphatic carbocycles. The molecule has 0 N–H and O–H groups in total. The monoisotopic (exact) mass is 642 g/mol. The van der Waals surface area contributed by atoms with E-state index in [0.29, 0.717) is 10.9 Å². The van der Waals surface area contributed by atoms with Crippen molar-refractivity contribution in [2.24, 2.45) is 0 Å². The Morgan fingerprint density at radius 1 is 0.564 bits per heavy atom. The molecule has 0 fully saturated rings. The molecule has 0 unspecified atom stereocenters. The summed E-state index contributed by atoms with van der Waals surface area (Å²) in [6.45, 7) is 0. The van der Waals surface area contributed by atoms with Gasteiger partial charge in [-0.15, -0.1) is 47.2 Å². The molecular weight excluding hydrogens is 635 g/mol. The zero-order chi connectivity index (χ0) is 29.7. The summed E-state index contributed by atoms with van der Waals surface area (Å²) >= 11 is 2.79. The van der Waals surface area contributed by atoms with E-state index in [-0.39, 0.29) is 16.2 Å². The molecule has 3 rings (SSSR count). The number of alkyl halides is 13. The Morgan fingerprint density at radius 3 is 1.54 bits per heavy atom. The van der Waals surface area contributed by atoms with Crippen molar-refractivity contribution in [2.75, 3.05) is 0 Å². The van der Waals surface area contributed by atoms with E-state index < -0.39 is 47.6 Å².